The number of ether oxygens (including phenoxy) is 11. The Morgan fingerprint density at radius 1 is 0.489 bits per heavy atom. The van der Waals surface area contributed by atoms with Gasteiger partial charge >= 0.3 is 17.9 Å². The van der Waals surface area contributed by atoms with Crippen molar-refractivity contribution in [2.45, 2.75) is 236 Å². The largest absolute Gasteiger partial charge is 0.477 e. The van der Waals surface area contributed by atoms with Gasteiger partial charge in [-0.3, -0.25) is 4.79 Å². The van der Waals surface area contributed by atoms with Crippen LogP contribution < -0.4 is 5.32 Å². The maximum Gasteiger partial charge on any atom is 0.364 e. The Hall–Kier alpha value is -3.28. The predicted molar refractivity (Wildman–Crippen MR) is 275 cm³/mol. The molecule has 6 fully saturated rings. The average Bonchev–Trinajstić information content (AvgIpc) is 2.05. The summed E-state index contributed by atoms with van der Waals surface area (Å²) in [6.45, 7) is -0.797. The lowest BCUT2D eigenvalue weighted by Crippen LogP contribution is -2.71. The second-order valence-corrected chi connectivity index (χ2v) is 23.2. The molecule has 0 aromatic rings. The van der Waals surface area contributed by atoms with Crippen molar-refractivity contribution in [3.05, 3.63) is 0 Å². The summed E-state index contributed by atoms with van der Waals surface area (Å²) in [6, 6.07) is -1.95. The van der Waals surface area contributed by atoms with Crippen molar-refractivity contribution in [3.63, 3.8) is 0 Å². The molecule has 6 saturated heterocycles. The first-order valence-corrected chi connectivity index (χ1v) is 28.3. The number of rotatable bonds is 26. The molecule has 0 saturated carbocycles. The summed E-state index contributed by atoms with van der Waals surface area (Å²) in [4.78, 5) is 52.7. The number of carbonyl (C=O) groups is 4. The van der Waals surface area contributed by atoms with Crippen LogP contribution in [0, 0.1) is 17.8 Å². The van der Waals surface area contributed by atoms with Gasteiger partial charge in [0.25, 0.3) is 17.4 Å². The molecule has 22 N–H and O–H groups in total. The van der Waals surface area contributed by atoms with Gasteiger partial charge in [0.15, 0.2) is 12.6 Å². The van der Waals surface area contributed by atoms with E-state index in [2.05, 4.69) is 5.32 Å². The highest BCUT2D eigenvalue weighted by molar-refractivity contribution is 5.77. The Labute approximate surface area is 500 Å². The maximum atomic E-state index is 13.5. The number of aliphatic hydroxyl groups is 18. The van der Waals surface area contributed by atoms with Crippen LogP contribution in [0.5, 0.6) is 0 Å². The number of carbonyl (C=O) groups excluding carboxylic acids is 1. The number of aliphatic hydroxyl groups excluding tert-OH is 18. The molecular formula is C51H85NO36. The second-order valence-electron chi connectivity index (χ2n) is 23.2. The third kappa shape index (κ3) is 15.0. The van der Waals surface area contributed by atoms with Crippen molar-refractivity contribution in [2.75, 3.05) is 39.6 Å². The van der Waals surface area contributed by atoms with Crippen LogP contribution in [0.1, 0.15) is 53.9 Å². The molecule has 0 spiro atoms. The normalized spacial score (nSPS) is 45.5. The Bertz CT molecular complexity index is 2300. The number of nitrogens with one attached hydrogen (secondary N) is 1. The standard InChI is InChI=1S/C51H85NO36/c1-15-20(60)6-49(46(72)73,84-37(15)31(66)23(63)9-53)83-27(13-57)35(70)39-17(3)22(62)7-50(86-39,47(74)75)87-42-34(69)26(12-56)80-45(36(42)71)82-41-29(52-19(5)59)44(79-25(11-55)33(41)68)81-40-28(14-58)78-18(4)30(65)43(40)88-51(48(76)77)8-21(61)16(2)38(85-51)32(67)24(64)10-54/h15-18,20-45,53-58,60-71H,6-14H2,1-5H3,(H,52,59)(H,72,73)(H,74,75)(H,76,77)/t15-,16-,17-,18+,20?,21?,22?,23-,24-,25?,26?,27-,28?,29?,30?,31-,32-,33+,34+,35-,36?,37-,38-,39-,40+,41-,42+,43-,44+,45+,49-,50+,51+/m1/s1. The second kappa shape index (κ2) is 30.2. The van der Waals surface area contributed by atoms with Crippen LogP contribution in [0.4, 0.5) is 0 Å². The Morgan fingerprint density at radius 2 is 0.886 bits per heavy atom. The first-order valence-electron chi connectivity index (χ1n) is 28.3. The first-order chi connectivity index (χ1) is 41.2. The predicted octanol–water partition coefficient (Wildman–Crippen LogP) is -11.4. The third-order valence-electron chi connectivity index (χ3n) is 17.2. The summed E-state index contributed by atoms with van der Waals surface area (Å²) in [5.74, 6) is -20.2. The molecule has 0 radical (unpaired) electrons. The fourth-order valence-corrected chi connectivity index (χ4v) is 11.8. The van der Waals surface area contributed by atoms with Gasteiger partial charge in [-0.2, -0.15) is 0 Å². The van der Waals surface area contributed by atoms with Crippen molar-refractivity contribution in [3.8, 4) is 0 Å². The minimum Gasteiger partial charge on any atom is -0.477 e. The zero-order chi connectivity index (χ0) is 66.0. The SMILES string of the molecule is CC(=O)NC1[C@H](O[C@H]2C(CO)O[C@@H](C)C(O)[C@H]2O[C@]2(C(=O)O)CC(O)[C@@H](C)[C@H]([C@H](O)[C@H](O)CO)O2)OC(CO)[C@H](O)[C@@H]1O[C@@H]1OC(CO)[C@H](O)[C@H](O[C@]2(C(=O)O)CC(O)[C@@H](C)[C@H]([C@H](O)[C@@H](CO)O[C@]3(C(=O)O)CC(O)[C@@H](C)[C@H]([C@H](O)[C@H](O)CO)O3)O2)C1O. The van der Waals surface area contributed by atoms with Gasteiger partial charge in [0.1, 0.15) is 110 Å². The summed E-state index contributed by atoms with van der Waals surface area (Å²) < 4.78 is 64.5. The molecule has 88 heavy (non-hydrogen) atoms. The molecule has 1 amide bonds. The minimum absolute atomic E-state index is 0.926. The Balaban J connectivity index is 1.32. The lowest BCUT2D eigenvalue weighted by molar-refractivity contribution is -0.392. The molecule has 0 aliphatic carbocycles. The van der Waals surface area contributed by atoms with Crippen molar-refractivity contribution in [1.29, 1.82) is 0 Å². The van der Waals surface area contributed by atoms with Gasteiger partial charge in [0, 0.05) is 43.9 Å². The van der Waals surface area contributed by atoms with E-state index in [1.807, 2.05) is 0 Å². The smallest absolute Gasteiger partial charge is 0.364 e. The number of hydrogen-bond donors (Lipinski definition) is 22. The van der Waals surface area contributed by atoms with Gasteiger partial charge in [0.2, 0.25) is 5.91 Å². The van der Waals surface area contributed by atoms with E-state index in [0.717, 1.165) is 6.92 Å². The van der Waals surface area contributed by atoms with Crippen LogP contribution in [-0.2, 0) is 71.3 Å². The average molecular weight is 1290 g/mol. The van der Waals surface area contributed by atoms with E-state index in [1.54, 1.807) is 0 Å². The Kier molecular flexibility index (Phi) is 25.3. The molecule has 37 nitrogen and oxygen atoms in total. The van der Waals surface area contributed by atoms with Crippen LogP contribution in [0.2, 0.25) is 0 Å². The zero-order valence-corrected chi connectivity index (χ0v) is 48.2. The van der Waals surface area contributed by atoms with Crippen LogP contribution in [-0.4, -0.2) is 353 Å². The highest BCUT2D eigenvalue weighted by atomic mass is 16.8. The summed E-state index contributed by atoms with van der Waals surface area (Å²) in [6.07, 6.45) is -55.5. The molecule has 6 aliphatic heterocycles. The van der Waals surface area contributed by atoms with E-state index in [-0.39, 0.29) is 0 Å². The maximum absolute atomic E-state index is 13.5. The van der Waals surface area contributed by atoms with Gasteiger partial charge in [-0.15, -0.1) is 0 Å². The minimum atomic E-state index is -3.32. The van der Waals surface area contributed by atoms with Gasteiger partial charge < -0.3 is 165 Å². The number of hydrogen-bond acceptors (Lipinski definition) is 33. The van der Waals surface area contributed by atoms with Crippen LogP contribution in [0.25, 0.3) is 0 Å². The van der Waals surface area contributed by atoms with Crippen molar-refractivity contribution in [1.82, 2.24) is 5.32 Å². The number of amides is 1. The van der Waals surface area contributed by atoms with Gasteiger partial charge in [0.05, 0.1) is 82.4 Å². The zero-order valence-electron chi connectivity index (χ0n) is 48.2. The highest BCUT2D eigenvalue weighted by Crippen LogP contribution is 2.44. The van der Waals surface area contributed by atoms with Crippen LogP contribution in [0.3, 0.4) is 0 Å². The van der Waals surface area contributed by atoms with E-state index in [4.69, 9.17) is 52.1 Å². The molecule has 37 heteroatoms. The molecule has 33 atom stereocenters. The van der Waals surface area contributed by atoms with Crippen molar-refractivity contribution >= 4 is 23.8 Å². The van der Waals surface area contributed by atoms with Crippen LogP contribution in [0.15, 0.2) is 0 Å². The van der Waals surface area contributed by atoms with Gasteiger partial charge in [-0.1, -0.05) is 20.8 Å². The molecule has 0 bridgehead atoms. The first kappa shape index (κ1) is 73.8. The highest BCUT2D eigenvalue weighted by Gasteiger charge is 2.63. The van der Waals surface area contributed by atoms with E-state index in [1.165, 1.54) is 27.7 Å². The molecular weight excluding hydrogens is 1200 g/mol. The van der Waals surface area contributed by atoms with Crippen molar-refractivity contribution in [2.24, 2.45) is 17.8 Å². The fourth-order valence-electron chi connectivity index (χ4n) is 11.8. The summed E-state index contributed by atoms with van der Waals surface area (Å²) in [7, 11) is 0. The summed E-state index contributed by atoms with van der Waals surface area (Å²) in [5, 5.41) is 230. The number of carboxylic acid groups (broad SMARTS) is 3. The van der Waals surface area contributed by atoms with E-state index < -0.39 is 283 Å². The molecule has 0 aromatic heterocycles. The molecule has 6 rings (SSSR count). The molecule has 9 unspecified atom stereocenters. The van der Waals surface area contributed by atoms with E-state index in [9.17, 15) is 126 Å². The molecule has 0 aromatic carbocycles. The molecule has 6 aliphatic rings. The fraction of sp³-hybridized carbons (Fsp3) is 0.922. The summed E-state index contributed by atoms with van der Waals surface area (Å²) >= 11 is 0. The van der Waals surface area contributed by atoms with Gasteiger partial charge in [-0.25, -0.2) is 14.4 Å². The Morgan fingerprint density at radius 3 is 1.31 bits per heavy atom. The lowest BCUT2D eigenvalue weighted by atomic mass is 9.83. The quantitative estimate of drug-likeness (QED) is 0.0382. The third-order valence-corrected chi connectivity index (χ3v) is 17.2. The number of aliphatic carboxylic acids is 3. The number of carboxylic acids is 3. The lowest BCUT2D eigenvalue weighted by Gasteiger charge is -2.52. The van der Waals surface area contributed by atoms with Crippen molar-refractivity contribution < 1.29 is 179 Å². The topological polar surface area (TPSA) is 607 Å². The molecule has 510 valence electrons. The molecule has 6 heterocycles. The summed E-state index contributed by atoms with van der Waals surface area (Å²) in [5.41, 5.74) is 0. The monoisotopic (exact) mass is 1290 g/mol. The van der Waals surface area contributed by atoms with Crippen LogP contribution >= 0.6 is 0 Å². The van der Waals surface area contributed by atoms with E-state index in [0.29, 0.717) is 0 Å². The van der Waals surface area contributed by atoms with Gasteiger partial charge in [-0.05, 0) is 6.92 Å². The van der Waals surface area contributed by atoms with E-state index >= 15 is 0 Å².